The number of nitrogens with one attached hydrogen (secondary N) is 1. The molecular formula is C23H24N2O5S. The van der Waals surface area contributed by atoms with Crippen LogP contribution in [0.5, 0.6) is 11.5 Å². The molecule has 0 spiro atoms. The maximum absolute atomic E-state index is 12.1. The lowest BCUT2D eigenvalue weighted by Gasteiger charge is -2.10. The van der Waals surface area contributed by atoms with Gasteiger partial charge in [-0.2, -0.15) is 0 Å². The third-order valence-corrected chi connectivity index (χ3v) is 5.16. The number of carbonyl (C=O) groups excluding carboxylic acids is 2. The van der Waals surface area contributed by atoms with Gasteiger partial charge in [-0.25, -0.2) is 4.98 Å². The van der Waals surface area contributed by atoms with Crippen molar-refractivity contribution < 1.29 is 23.8 Å². The highest BCUT2D eigenvalue weighted by Gasteiger charge is 2.12. The molecule has 0 fully saturated rings. The SMILES string of the molecule is CCc1ccc(-c2csc(NC(=O)COC(=O)CCOc3ccccc3OC)n2)cc1. The van der Waals surface area contributed by atoms with Gasteiger partial charge in [-0.05, 0) is 24.1 Å². The van der Waals surface area contributed by atoms with Crippen molar-refractivity contribution in [2.75, 3.05) is 25.6 Å². The summed E-state index contributed by atoms with van der Waals surface area (Å²) in [7, 11) is 1.54. The minimum atomic E-state index is -0.527. The summed E-state index contributed by atoms with van der Waals surface area (Å²) < 4.78 is 15.7. The number of aryl methyl sites for hydroxylation is 1. The Kier molecular flexibility index (Phi) is 8.00. The highest BCUT2D eigenvalue weighted by atomic mass is 32.1. The van der Waals surface area contributed by atoms with Crippen LogP contribution in [-0.4, -0.2) is 37.2 Å². The molecule has 0 saturated carbocycles. The number of methoxy groups -OCH3 is 1. The van der Waals surface area contributed by atoms with E-state index in [0.29, 0.717) is 16.6 Å². The van der Waals surface area contributed by atoms with Gasteiger partial charge in [0.2, 0.25) is 0 Å². The topological polar surface area (TPSA) is 86.8 Å². The molecule has 31 heavy (non-hydrogen) atoms. The average molecular weight is 441 g/mol. The first-order valence-electron chi connectivity index (χ1n) is 9.85. The van der Waals surface area contributed by atoms with E-state index in [1.54, 1.807) is 19.2 Å². The number of hydrogen-bond donors (Lipinski definition) is 1. The summed E-state index contributed by atoms with van der Waals surface area (Å²) in [5, 5.41) is 4.98. The van der Waals surface area contributed by atoms with Crippen molar-refractivity contribution in [1.82, 2.24) is 4.98 Å². The molecular weight excluding hydrogens is 416 g/mol. The van der Waals surface area contributed by atoms with E-state index in [2.05, 4.69) is 29.4 Å². The fourth-order valence-electron chi connectivity index (χ4n) is 2.73. The summed E-state index contributed by atoms with van der Waals surface area (Å²) in [5.41, 5.74) is 3.02. The number of ether oxygens (including phenoxy) is 3. The molecule has 1 N–H and O–H groups in total. The van der Waals surface area contributed by atoms with Crippen LogP contribution in [-0.2, 0) is 20.7 Å². The second-order valence-electron chi connectivity index (χ2n) is 6.55. The Morgan fingerprint density at radius 2 is 1.81 bits per heavy atom. The van der Waals surface area contributed by atoms with E-state index in [4.69, 9.17) is 14.2 Å². The number of hydrogen-bond acceptors (Lipinski definition) is 7. The van der Waals surface area contributed by atoms with Crippen molar-refractivity contribution in [2.24, 2.45) is 0 Å². The molecule has 0 radical (unpaired) electrons. The van der Waals surface area contributed by atoms with Gasteiger partial charge in [-0.15, -0.1) is 11.3 Å². The van der Waals surface area contributed by atoms with Crippen LogP contribution in [0.4, 0.5) is 5.13 Å². The summed E-state index contributed by atoms with van der Waals surface area (Å²) in [6.45, 7) is 1.84. The Morgan fingerprint density at radius 1 is 1.06 bits per heavy atom. The number of aromatic nitrogens is 1. The molecule has 1 aromatic heterocycles. The fourth-order valence-corrected chi connectivity index (χ4v) is 3.47. The van der Waals surface area contributed by atoms with Crippen LogP contribution in [0.15, 0.2) is 53.9 Å². The van der Waals surface area contributed by atoms with Gasteiger partial charge in [-0.1, -0.05) is 43.3 Å². The van der Waals surface area contributed by atoms with Gasteiger partial charge in [0.25, 0.3) is 5.91 Å². The van der Waals surface area contributed by atoms with Crippen LogP contribution in [0.2, 0.25) is 0 Å². The zero-order valence-corrected chi connectivity index (χ0v) is 18.2. The van der Waals surface area contributed by atoms with Crippen molar-refractivity contribution >= 4 is 28.3 Å². The highest BCUT2D eigenvalue weighted by molar-refractivity contribution is 7.14. The standard InChI is InChI=1S/C23H24N2O5S/c1-3-16-8-10-17(11-9-16)18-15-31-23(24-18)25-21(26)14-30-22(27)12-13-29-20-7-5-4-6-19(20)28-2/h4-11,15H,3,12-14H2,1-2H3,(H,24,25,26). The van der Waals surface area contributed by atoms with Crippen molar-refractivity contribution in [3.63, 3.8) is 0 Å². The number of thiazole rings is 1. The Balaban J connectivity index is 1.40. The lowest BCUT2D eigenvalue weighted by Crippen LogP contribution is -2.21. The quantitative estimate of drug-likeness (QED) is 0.472. The predicted octanol–water partition coefficient (Wildman–Crippen LogP) is 4.33. The smallest absolute Gasteiger partial charge is 0.309 e. The summed E-state index contributed by atoms with van der Waals surface area (Å²) in [4.78, 5) is 28.3. The first-order valence-corrected chi connectivity index (χ1v) is 10.7. The molecule has 3 rings (SSSR count). The maximum atomic E-state index is 12.1. The third-order valence-electron chi connectivity index (χ3n) is 4.41. The largest absolute Gasteiger partial charge is 0.493 e. The minimum Gasteiger partial charge on any atom is -0.493 e. The van der Waals surface area contributed by atoms with E-state index in [1.165, 1.54) is 16.9 Å². The lowest BCUT2D eigenvalue weighted by molar-refractivity contribution is -0.147. The summed E-state index contributed by atoms with van der Waals surface area (Å²) in [6.07, 6.45) is 0.991. The first-order chi connectivity index (χ1) is 15.1. The molecule has 8 heteroatoms. The van der Waals surface area contributed by atoms with Gasteiger partial charge in [0.15, 0.2) is 23.2 Å². The number of amides is 1. The van der Waals surface area contributed by atoms with Crippen LogP contribution >= 0.6 is 11.3 Å². The second-order valence-corrected chi connectivity index (χ2v) is 7.40. The van der Waals surface area contributed by atoms with Gasteiger partial charge in [0, 0.05) is 10.9 Å². The van der Waals surface area contributed by atoms with Crippen LogP contribution in [0, 0.1) is 0 Å². The van der Waals surface area contributed by atoms with E-state index in [1.807, 2.05) is 29.6 Å². The van der Waals surface area contributed by atoms with Gasteiger partial charge >= 0.3 is 5.97 Å². The summed E-state index contributed by atoms with van der Waals surface area (Å²) in [6, 6.07) is 15.3. The normalized spacial score (nSPS) is 10.4. The molecule has 0 unspecified atom stereocenters. The molecule has 0 aliphatic heterocycles. The van der Waals surface area contributed by atoms with E-state index in [0.717, 1.165) is 17.7 Å². The zero-order chi connectivity index (χ0) is 22.1. The summed E-state index contributed by atoms with van der Waals surface area (Å²) in [5.74, 6) is 0.154. The molecule has 0 aliphatic rings. The molecule has 1 heterocycles. The Bertz CT molecular complexity index is 1020. The lowest BCUT2D eigenvalue weighted by atomic mass is 10.1. The number of benzene rings is 2. The van der Waals surface area contributed by atoms with E-state index in [9.17, 15) is 9.59 Å². The molecule has 1 amide bonds. The fraction of sp³-hybridized carbons (Fsp3) is 0.261. The number of carbonyl (C=O) groups is 2. The van der Waals surface area contributed by atoms with Crippen molar-refractivity contribution in [2.45, 2.75) is 19.8 Å². The third kappa shape index (κ3) is 6.55. The van der Waals surface area contributed by atoms with Gasteiger partial charge in [-0.3, -0.25) is 14.9 Å². The number of rotatable bonds is 10. The van der Waals surface area contributed by atoms with Crippen LogP contribution in [0.25, 0.3) is 11.3 Å². The van der Waals surface area contributed by atoms with Crippen LogP contribution < -0.4 is 14.8 Å². The second kappa shape index (κ2) is 11.1. The maximum Gasteiger partial charge on any atom is 0.309 e. The monoisotopic (exact) mass is 440 g/mol. The molecule has 162 valence electrons. The van der Waals surface area contributed by atoms with Crippen molar-refractivity contribution in [3.8, 4) is 22.8 Å². The number of anilines is 1. The Labute approximate surface area is 185 Å². The van der Waals surface area contributed by atoms with Crippen LogP contribution in [0.3, 0.4) is 0 Å². The summed E-state index contributed by atoms with van der Waals surface area (Å²) >= 11 is 1.32. The minimum absolute atomic E-state index is 0.0144. The van der Waals surface area contributed by atoms with Crippen molar-refractivity contribution in [3.05, 3.63) is 59.5 Å². The Hall–Kier alpha value is -3.39. The molecule has 2 aromatic carbocycles. The Morgan fingerprint density at radius 3 is 2.52 bits per heavy atom. The van der Waals surface area contributed by atoms with E-state index >= 15 is 0 Å². The van der Waals surface area contributed by atoms with E-state index < -0.39 is 11.9 Å². The number of para-hydroxylation sites is 2. The number of esters is 1. The number of nitrogens with zero attached hydrogens (tertiary/aromatic N) is 1. The highest BCUT2D eigenvalue weighted by Crippen LogP contribution is 2.26. The van der Waals surface area contributed by atoms with Gasteiger partial charge in [0.1, 0.15) is 0 Å². The molecule has 7 nitrogen and oxygen atoms in total. The van der Waals surface area contributed by atoms with E-state index in [-0.39, 0.29) is 19.6 Å². The van der Waals surface area contributed by atoms with Gasteiger partial charge in [0.05, 0.1) is 25.8 Å². The molecule has 0 saturated heterocycles. The molecule has 0 bridgehead atoms. The molecule has 3 aromatic rings. The molecule has 0 atom stereocenters. The van der Waals surface area contributed by atoms with Gasteiger partial charge < -0.3 is 14.2 Å². The molecule has 0 aliphatic carbocycles. The first kappa shape index (κ1) is 22.3. The predicted molar refractivity (Wildman–Crippen MR) is 120 cm³/mol. The van der Waals surface area contributed by atoms with Crippen molar-refractivity contribution in [1.29, 1.82) is 0 Å². The van der Waals surface area contributed by atoms with Crippen LogP contribution in [0.1, 0.15) is 18.9 Å². The average Bonchev–Trinajstić information content (AvgIpc) is 3.26. The zero-order valence-electron chi connectivity index (χ0n) is 17.4.